The largest absolute Gasteiger partial charge is 0.480 e. The fourth-order valence-corrected chi connectivity index (χ4v) is 3.48. The number of nitrogens with zero attached hydrogens (tertiary/aromatic N) is 1. The second kappa shape index (κ2) is 6.39. The molecule has 2 aliphatic rings. The number of aliphatic carboxylic acids is 1. The Labute approximate surface area is 104 Å². The molecule has 1 heterocycles. The molecule has 98 valence electrons. The molecule has 0 amide bonds. The topological polar surface area (TPSA) is 40.5 Å². The summed E-state index contributed by atoms with van der Waals surface area (Å²) < 4.78 is 0. The first-order valence-electron chi connectivity index (χ1n) is 7.26. The third kappa shape index (κ3) is 3.44. The van der Waals surface area contributed by atoms with E-state index in [4.69, 9.17) is 0 Å². The second-order valence-electron chi connectivity index (χ2n) is 5.63. The van der Waals surface area contributed by atoms with Crippen LogP contribution in [0.1, 0.15) is 57.8 Å². The summed E-state index contributed by atoms with van der Waals surface area (Å²) >= 11 is 0. The van der Waals surface area contributed by atoms with Crippen molar-refractivity contribution in [1.29, 1.82) is 0 Å². The quantitative estimate of drug-likeness (QED) is 0.770. The Morgan fingerprint density at radius 3 is 2.00 bits per heavy atom. The molecule has 0 aromatic heterocycles. The van der Waals surface area contributed by atoms with E-state index in [1.807, 2.05) is 0 Å². The lowest BCUT2D eigenvalue weighted by Crippen LogP contribution is -2.48. The highest BCUT2D eigenvalue weighted by Gasteiger charge is 2.34. The molecule has 0 aromatic rings. The summed E-state index contributed by atoms with van der Waals surface area (Å²) in [6, 6.07) is -0.201. The summed E-state index contributed by atoms with van der Waals surface area (Å²) in [5.41, 5.74) is 0. The summed E-state index contributed by atoms with van der Waals surface area (Å²) in [4.78, 5) is 13.8. The minimum Gasteiger partial charge on any atom is -0.480 e. The predicted molar refractivity (Wildman–Crippen MR) is 68.0 cm³/mol. The molecule has 0 radical (unpaired) electrons. The molecule has 3 heteroatoms. The maximum atomic E-state index is 11.6. The van der Waals surface area contributed by atoms with Gasteiger partial charge in [-0.2, -0.15) is 0 Å². The van der Waals surface area contributed by atoms with Crippen molar-refractivity contribution in [1.82, 2.24) is 4.90 Å². The molecule has 2 rings (SSSR count). The van der Waals surface area contributed by atoms with Crippen molar-refractivity contribution >= 4 is 5.97 Å². The molecule has 0 bridgehead atoms. The van der Waals surface area contributed by atoms with Gasteiger partial charge in [0.15, 0.2) is 0 Å². The van der Waals surface area contributed by atoms with E-state index in [0.29, 0.717) is 5.92 Å². The molecule has 1 aliphatic carbocycles. The van der Waals surface area contributed by atoms with Gasteiger partial charge in [0, 0.05) is 0 Å². The van der Waals surface area contributed by atoms with Crippen LogP contribution in [0.2, 0.25) is 0 Å². The highest BCUT2D eigenvalue weighted by molar-refractivity contribution is 5.74. The van der Waals surface area contributed by atoms with Gasteiger partial charge < -0.3 is 5.11 Å². The molecule has 3 nitrogen and oxygen atoms in total. The maximum Gasteiger partial charge on any atom is 0.321 e. The summed E-state index contributed by atoms with van der Waals surface area (Å²) in [6.07, 6.45) is 10.9. The predicted octanol–water partition coefficient (Wildman–Crippen LogP) is 2.90. The Morgan fingerprint density at radius 1 is 0.941 bits per heavy atom. The van der Waals surface area contributed by atoms with Crippen molar-refractivity contribution in [2.75, 3.05) is 13.1 Å². The number of hydrogen-bond acceptors (Lipinski definition) is 2. The molecule has 1 N–H and O–H groups in total. The summed E-state index contributed by atoms with van der Waals surface area (Å²) in [6.45, 7) is 1.99. The SMILES string of the molecule is O=C(O)C(C1CCCCCC1)N1CCCCC1. The van der Waals surface area contributed by atoms with E-state index in [-0.39, 0.29) is 6.04 Å². The molecule has 2 fully saturated rings. The standard InChI is InChI=1S/C14H25NO2/c16-14(17)13(15-10-6-3-7-11-15)12-8-4-1-2-5-9-12/h12-13H,1-11H2,(H,16,17). The van der Waals surface area contributed by atoms with Crippen LogP contribution in [0.3, 0.4) is 0 Å². The first-order valence-corrected chi connectivity index (χ1v) is 7.26. The molecule has 1 aliphatic heterocycles. The van der Waals surface area contributed by atoms with E-state index in [0.717, 1.165) is 25.9 Å². The molecular formula is C14H25NO2. The number of carboxylic acid groups (broad SMARTS) is 1. The minimum absolute atomic E-state index is 0.201. The van der Waals surface area contributed by atoms with Gasteiger partial charge >= 0.3 is 5.97 Å². The van der Waals surface area contributed by atoms with Crippen LogP contribution >= 0.6 is 0 Å². The maximum absolute atomic E-state index is 11.6. The third-order valence-corrected chi connectivity index (χ3v) is 4.38. The molecule has 1 unspecified atom stereocenters. The summed E-state index contributed by atoms with van der Waals surface area (Å²) in [7, 11) is 0. The van der Waals surface area contributed by atoms with Crippen molar-refractivity contribution in [2.45, 2.75) is 63.8 Å². The Bertz CT molecular complexity index is 241. The number of piperidine rings is 1. The van der Waals surface area contributed by atoms with Gasteiger partial charge in [0.2, 0.25) is 0 Å². The van der Waals surface area contributed by atoms with Crippen molar-refractivity contribution in [3.8, 4) is 0 Å². The van der Waals surface area contributed by atoms with Gasteiger partial charge in [-0.3, -0.25) is 9.69 Å². The molecular weight excluding hydrogens is 214 g/mol. The zero-order valence-electron chi connectivity index (χ0n) is 10.7. The van der Waals surface area contributed by atoms with Crippen LogP contribution in [0.15, 0.2) is 0 Å². The van der Waals surface area contributed by atoms with Crippen LogP contribution < -0.4 is 0 Å². The van der Waals surface area contributed by atoms with E-state index in [9.17, 15) is 9.90 Å². The average Bonchev–Trinajstić information content (AvgIpc) is 2.59. The van der Waals surface area contributed by atoms with Crippen LogP contribution in [-0.2, 0) is 4.79 Å². The summed E-state index contributed by atoms with van der Waals surface area (Å²) in [5, 5.41) is 9.53. The van der Waals surface area contributed by atoms with E-state index >= 15 is 0 Å². The Morgan fingerprint density at radius 2 is 1.47 bits per heavy atom. The van der Waals surface area contributed by atoms with Gasteiger partial charge in [-0.25, -0.2) is 0 Å². The van der Waals surface area contributed by atoms with Crippen LogP contribution in [0.4, 0.5) is 0 Å². The molecule has 0 aromatic carbocycles. The van der Waals surface area contributed by atoms with Crippen LogP contribution in [0.25, 0.3) is 0 Å². The fourth-order valence-electron chi connectivity index (χ4n) is 3.48. The van der Waals surface area contributed by atoms with Gasteiger partial charge in [-0.15, -0.1) is 0 Å². The number of rotatable bonds is 3. The van der Waals surface area contributed by atoms with E-state index < -0.39 is 5.97 Å². The number of carbonyl (C=O) groups is 1. The third-order valence-electron chi connectivity index (χ3n) is 4.38. The minimum atomic E-state index is -0.584. The van der Waals surface area contributed by atoms with Crippen LogP contribution in [-0.4, -0.2) is 35.1 Å². The van der Waals surface area contributed by atoms with E-state index in [2.05, 4.69) is 4.90 Å². The number of hydrogen-bond donors (Lipinski definition) is 1. The van der Waals surface area contributed by atoms with E-state index in [1.54, 1.807) is 0 Å². The zero-order chi connectivity index (χ0) is 12.1. The average molecular weight is 239 g/mol. The van der Waals surface area contributed by atoms with Crippen molar-refractivity contribution in [2.24, 2.45) is 5.92 Å². The van der Waals surface area contributed by atoms with Crippen molar-refractivity contribution in [3.05, 3.63) is 0 Å². The monoisotopic (exact) mass is 239 g/mol. The first-order chi connectivity index (χ1) is 8.29. The summed E-state index contributed by atoms with van der Waals surface area (Å²) in [5.74, 6) is -0.188. The van der Waals surface area contributed by atoms with Crippen LogP contribution in [0.5, 0.6) is 0 Å². The highest BCUT2D eigenvalue weighted by Crippen LogP contribution is 2.29. The van der Waals surface area contributed by atoms with E-state index in [1.165, 1.54) is 44.9 Å². The van der Waals surface area contributed by atoms with Gasteiger partial charge in [0.05, 0.1) is 0 Å². The lowest BCUT2D eigenvalue weighted by atomic mass is 9.89. The van der Waals surface area contributed by atoms with Crippen LogP contribution in [0, 0.1) is 5.92 Å². The zero-order valence-corrected chi connectivity index (χ0v) is 10.7. The Balaban J connectivity index is 2.01. The smallest absolute Gasteiger partial charge is 0.321 e. The van der Waals surface area contributed by atoms with Gasteiger partial charge in [0.1, 0.15) is 6.04 Å². The first kappa shape index (κ1) is 12.9. The van der Waals surface area contributed by atoms with Crippen molar-refractivity contribution < 1.29 is 9.90 Å². The Kier molecular flexibility index (Phi) is 4.84. The second-order valence-corrected chi connectivity index (χ2v) is 5.63. The number of likely N-dealkylation sites (tertiary alicyclic amines) is 1. The Hall–Kier alpha value is -0.570. The molecule has 1 atom stereocenters. The fraction of sp³-hybridized carbons (Fsp3) is 0.929. The normalized spacial score (nSPS) is 26.4. The molecule has 0 spiro atoms. The lowest BCUT2D eigenvalue weighted by Gasteiger charge is -2.36. The molecule has 17 heavy (non-hydrogen) atoms. The number of carboxylic acids is 1. The van der Waals surface area contributed by atoms with Gasteiger partial charge in [-0.05, 0) is 44.7 Å². The molecule has 1 saturated heterocycles. The molecule has 1 saturated carbocycles. The highest BCUT2D eigenvalue weighted by atomic mass is 16.4. The lowest BCUT2D eigenvalue weighted by molar-refractivity contribution is -0.146. The van der Waals surface area contributed by atoms with Gasteiger partial charge in [-0.1, -0.05) is 32.1 Å². The van der Waals surface area contributed by atoms with Crippen molar-refractivity contribution in [3.63, 3.8) is 0 Å². The van der Waals surface area contributed by atoms with Gasteiger partial charge in [0.25, 0.3) is 0 Å².